The van der Waals surface area contributed by atoms with Gasteiger partial charge in [0, 0.05) is 17.5 Å². The molecule has 5 heteroatoms. The van der Waals surface area contributed by atoms with Gasteiger partial charge in [-0.2, -0.15) is 0 Å². The number of esters is 1. The van der Waals surface area contributed by atoms with Crippen LogP contribution in [0, 0.1) is 0 Å². The standard InChI is InChI=1S/C22H22O5/c1-4-14(2)25-22(24)15(3)26-17-10-11-18-19(16-8-6-5-7-9-16)13-21(23)27-20(18)12-17/h5-15H,4H2,1-3H3/t14-,15+/m0/s1. The van der Waals surface area contributed by atoms with Gasteiger partial charge >= 0.3 is 11.6 Å². The van der Waals surface area contributed by atoms with Crippen molar-refractivity contribution in [3.8, 4) is 16.9 Å². The van der Waals surface area contributed by atoms with E-state index in [-0.39, 0.29) is 6.10 Å². The van der Waals surface area contributed by atoms with Crippen molar-refractivity contribution in [2.75, 3.05) is 0 Å². The second kappa shape index (κ2) is 8.08. The monoisotopic (exact) mass is 366 g/mol. The van der Waals surface area contributed by atoms with Crippen LogP contribution in [0.25, 0.3) is 22.1 Å². The highest BCUT2D eigenvalue weighted by molar-refractivity contribution is 5.93. The lowest BCUT2D eigenvalue weighted by atomic mass is 10.0. The van der Waals surface area contributed by atoms with E-state index in [0.29, 0.717) is 11.3 Å². The molecule has 27 heavy (non-hydrogen) atoms. The topological polar surface area (TPSA) is 65.7 Å². The van der Waals surface area contributed by atoms with E-state index in [9.17, 15) is 9.59 Å². The molecule has 0 aliphatic rings. The predicted octanol–water partition coefficient (Wildman–Crippen LogP) is 4.57. The van der Waals surface area contributed by atoms with Gasteiger partial charge in [-0.05, 0) is 43.5 Å². The van der Waals surface area contributed by atoms with Gasteiger partial charge in [0.25, 0.3) is 0 Å². The summed E-state index contributed by atoms with van der Waals surface area (Å²) in [5, 5.41) is 0.794. The van der Waals surface area contributed by atoms with Crippen molar-refractivity contribution in [1.82, 2.24) is 0 Å². The van der Waals surface area contributed by atoms with Crippen LogP contribution in [-0.2, 0) is 9.53 Å². The Kier molecular flexibility index (Phi) is 5.60. The van der Waals surface area contributed by atoms with Crippen LogP contribution >= 0.6 is 0 Å². The van der Waals surface area contributed by atoms with Crippen LogP contribution in [0.3, 0.4) is 0 Å². The number of hydrogen-bond acceptors (Lipinski definition) is 5. The predicted molar refractivity (Wildman–Crippen MR) is 104 cm³/mol. The third-order valence-electron chi connectivity index (χ3n) is 4.34. The summed E-state index contributed by atoms with van der Waals surface area (Å²) in [7, 11) is 0. The number of benzene rings is 2. The molecular formula is C22H22O5. The molecule has 0 amide bonds. The van der Waals surface area contributed by atoms with Crippen molar-refractivity contribution in [3.63, 3.8) is 0 Å². The highest BCUT2D eigenvalue weighted by Gasteiger charge is 2.19. The zero-order chi connectivity index (χ0) is 19.4. The average molecular weight is 366 g/mol. The van der Waals surface area contributed by atoms with Crippen molar-refractivity contribution < 1.29 is 18.7 Å². The molecule has 0 aliphatic carbocycles. The Bertz CT molecular complexity index is 991. The number of carbonyl (C=O) groups excluding carboxylic acids is 1. The summed E-state index contributed by atoms with van der Waals surface area (Å²) < 4.78 is 16.3. The van der Waals surface area contributed by atoms with Gasteiger partial charge in [0.1, 0.15) is 11.3 Å². The molecular weight excluding hydrogens is 344 g/mol. The zero-order valence-corrected chi connectivity index (χ0v) is 15.6. The molecule has 0 fully saturated rings. The molecule has 2 aromatic carbocycles. The van der Waals surface area contributed by atoms with Gasteiger partial charge in [-0.1, -0.05) is 37.3 Å². The minimum Gasteiger partial charge on any atom is -0.479 e. The van der Waals surface area contributed by atoms with E-state index in [1.54, 1.807) is 19.1 Å². The van der Waals surface area contributed by atoms with Gasteiger partial charge in [0.15, 0.2) is 6.10 Å². The Labute approximate surface area is 157 Å². The molecule has 140 valence electrons. The van der Waals surface area contributed by atoms with Crippen molar-refractivity contribution in [3.05, 3.63) is 65.0 Å². The first-order valence-electron chi connectivity index (χ1n) is 8.98. The first kappa shape index (κ1) is 18.7. The van der Waals surface area contributed by atoms with Crippen LogP contribution in [0.2, 0.25) is 0 Å². The van der Waals surface area contributed by atoms with Crippen LogP contribution in [0.4, 0.5) is 0 Å². The van der Waals surface area contributed by atoms with Crippen LogP contribution < -0.4 is 10.4 Å². The van der Waals surface area contributed by atoms with Gasteiger partial charge in [-0.15, -0.1) is 0 Å². The maximum Gasteiger partial charge on any atom is 0.347 e. The van der Waals surface area contributed by atoms with E-state index in [4.69, 9.17) is 13.9 Å². The van der Waals surface area contributed by atoms with Crippen LogP contribution in [0.5, 0.6) is 5.75 Å². The normalized spacial score (nSPS) is 13.1. The van der Waals surface area contributed by atoms with Crippen LogP contribution in [0.15, 0.2) is 63.8 Å². The van der Waals surface area contributed by atoms with Crippen molar-refractivity contribution >= 4 is 16.9 Å². The Balaban J connectivity index is 1.90. The number of ether oxygens (including phenoxy) is 2. The second-order valence-corrected chi connectivity index (χ2v) is 6.42. The number of fused-ring (bicyclic) bond motifs is 1. The molecule has 1 heterocycles. The Hall–Kier alpha value is -3.08. The minimum absolute atomic E-state index is 0.161. The Morgan fingerprint density at radius 1 is 1.07 bits per heavy atom. The maximum absolute atomic E-state index is 12.1. The fraction of sp³-hybridized carbons (Fsp3) is 0.273. The fourth-order valence-electron chi connectivity index (χ4n) is 2.70. The number of rotatable bonds is 6. The quantitative estimate of drug-likeness (QED) is 0.472. The van der Waals surface area contributed by atoms with Crippen molar-refractivity contribution in [2.24, 2.45) is 0 Å². The summed E-state index contributed by atoms with van der Waals surface area (Å²) in [4.78, 5) is 24.0. The summed E-state index contributed by atoms with van der Waals surface area (Å²) in [6, 6.07) is 16.3. The van der Waals surface area contributed by atoms with Gasteiger partial charge in [-0.25, -0.2) is 9.59 Å². The highest BCUT2D eigenvalue weighted by atomic mass is 16.6. The summed E-state index contributed by atoms with van der Waals surface area (Å²) in [6.07, 6.45) is -0.186. The molecule has 0 unspecified atom stereocenters. The molecule has 0 bridgehead atoms. The van der Waals surface area contributed by atoms with Crippen LogP contribution in [-0.4, -0.2) is 18.2 Å². The molecule has 3 rings (SSSR count). The third-order valence-corrected chi connectivity index (χ3v) is 4.34. The molecule has 1 aromatic heterocycles. The summed E-state index contributed by atoms with van der Waals surface area (Å²) in [6.45, 7) is 5.41. The van der Waals surface area contributed by atoms with Gasteiger partial charge in [0.05, 0.1) is 6.10 Å². The summed E-state index contributed by atoms with van der Waals surface area (Å²) in [5.74, 6) is 0.00778. The molecule has 0 spiro atoms. The average Bonchev–Trinajstić information content (AvgIpc) is 2.67. The van der Waals surface area contributed by atoms with E-state index in [2.05, 4.69) is 0 Å². The molecule has 3 aromatic rings. The fourth-order valence-corrected chi connectivity index (χ4v) is 2.70. The van der Waals surface area contributed by atoms with Gasteiger partial charge < -0.3 is 13.9 Å². The smallest absolute Gasteiger partial charge is 0.347 e. The second-order valence-electron chi connectivity index (χ2n) is 6.42. The lowest BCUT2D eigenvalue weighted by Crippen LogP contribution is -2.29. The summed E-state index contributed by atoms with van der Waals surface area (Å²) in [5.41, 5.74) is 1.68. The van der Waals surface area contributed by atoms with E-state index < -0.39 is 17.7 Å². The number of carbonyl (C=O) groups is 1. The summed E-state index contributed by atoms with van der Waals surface area (Å²) >= 11 is 0. The van der Waals surface area contributed by atoms with E-state index in [0.717, 1.165) is 22.9 Å². The Morgan fingerprint density at radius 3 is 2.52 bits per heavy atom. The minimum atomic E-state index is -0.763. The lowest BCUT2D eigenvalue weighted by Gasteiger charge is -2.17. The third kappa shape index (κ3) is 4.37. The first-order valence-corrected chi connectivity index (χ1v) is 8.98. The van der Waals surface area contributed by atoms with E-state index in [1.165, 1.54) is 6.07 Å². The molecule has 0 saturated heterocycles. The molecule has 0 N–H and O–H groups in total. The number of hydrogen-bond donors (Lipinski definition) is 0. The first-order chi connectivity index (χ1) is 13.0. The lowest BCUT2D eigenvalue weighted by molar-refractivity contribution is -0.155. The maximum atomic E-state index is 12.1. The Morgan fingerprint density at radius 2 is 1.81 bits per heavy atom. The molecule has 0 radical (unpaired) electrons. The van der Waals surface area contributed by atoms with Crippen molar-refractivity contribution in [1.29, 1.82) is 0 Å². The zero-order valence-electron chi connectivity index (χ0n) is 15.6. The highest BCUT2D eigenvalue weighted by Crippen LogP contribution is 2.29. The van der Waals surface area contributed by atoms with Gasteiger partial charge in [-0.3, -0.25) is 0 Å². The largest absolute Gasteiger partial charge is 0.479 e. The van der Waals surface area contributed by atoms with E-state index >= 15 is 0 Å². The molecule has 0 aliphatic heterocycles. The molecule has 0 saturated carbocycles. The van der Waals surface area contributed by atoms with Gasteiger partial charge in [0.2, 0.25) is 0 Å². The van der Waals surface area contributed by atoms with Crippen LogP contribution in [0.1, 0.15) is 27.2 Å². The van der Waals surface area contributed by atoms with Crippen molar-refractivity contribution in [2.45, 2.75) is 39.4 Å². The van der Waals surface area contributed by atoms with E-state index in [1.807, 2.05) is 50.2 Å². The molecule has 5 nitrogen and oxygen atoms in total. The SMILES string of the molecule is CC[C@H](C)OC(=O)[C@@H](C)Oc1ccc2c(-c3ccccc3)cc(=O)oc2c1. The molecule has 2 atom stereocenters.